The molecule has 1 saturated carbocycles. The second kappa shape index (κ2) is 7.00. The number of fused-ring (bicyclic) bond motifs is 1. The molecular weight excluding hydrogens is 326 g/mol. The number of hydrogen-bond acceptors (Lipinski definition) is 4. The average molecular weight is 347 g/mol. The minimum atomic E-state index is -0.768. The van der Waals surface area contributed by atoms with Gasteiger partial charge in [0.25, 0.3) is 5.91 Å². The maximum Gasteiger partial charge on any atom is 0.319 e. The van der Waals surface area contributed by atoms with Crippen molar-refractivity contribution in [1.29, 1.82) is 0 Å². The molecule has 8 heteroatoms. The van der Waals surface area contributed by atoms with Gasteiger partial charge in [-0.25, -0.2) is 4.79 Å². The zero-order valence-corrected chi connectivity index (χ0v) is 13.9. The van der Waals surface area contributed by atoms with Crippen molar-refractivity contribution < 1.29 is 24.2 Å². The van der Waals surface area contributed by atoms with Gasteiger partial charge in [0, 0.05) is 11.7 Å². The van der Waals surface area contributed by atoms with Gasteiger partial charge in [-0.1, -0.05) is 0 Å². The lowest BCUT2D eigenvalue weighted by atomic mass is 9.86. The molecule has 4 N–H and O–H groups in total. The highest BCUT2D eigenvalue weighted by Crippen LogP contribution is 2.32. The van der Waals surface area contributed by atoms with Crippen molar-refractivity contribution in [3.63, 3.8) is 0 Å². The van der Waals surface area contributed by atoms with E-state index in [0.29, 0.717) is 42.8 Å². The number of amides is 3. The first-order valence-corrected chi connectivity index (χ1v) is 8.34. The summed E-state index contributed by atoms with van der Waals surface area (Å²) in [5.41, 5.74) is 1.05. The Morgan fingerprint density at radius 3 is 2.64 bits per heavy atom. The van der Waals surface area contributed by atoms with Crippen molar-refractivity contribution in [3.8, 4) is 5.75 Å². The van der Waals surface area contributed by atoms with E-state index >= 15 is 0 Å². The Hall–Kier alpha value is -2.77. The van der Waals surface area contributed by atoms with Crippen LogP contribution in [0.1, 0.15) is 32.6 Å². The smallest absolute Gasteiger partial charge is 0.319 e. The van der Waals surface area contributed by atoms with Gasteiger partial charge in [0.1, 0.15) is 5.75 Å². The van der Waals surface area contributed by atoms with E-state index in [4.69, 9.17) is 9.84 Å². The third-order valence-electron chi connectivity index (χ3n) is 4.58. The summed E-state index contributed by atoms with van der Waals surface area (Å²) in [6.45, 7) is 1.66. The fraction of sp³-hybridized carbons (Fsp3) is 0.471. The molecule has 0 bridgehead atoms. The maximum absolute atomic E-state index is 12.1. The van der Waals surface area contributed by atoms with Crippen LogP contribution in [0.2, 0.25) is 0 Å². The number of carbonyl (C=O) groups excluding carboxylic acids is 2. The van der Waals surface area contributed by atoms with Crippen LogP contribution in [-0.4, -0.2) is 35.2 Å². The number of urea groups is 1. The van der Waals surface area contributed by atoms with E-state index in [1.54, 1.807) is 25.1 Å². The molecule has 1 heterocycles. The van der Waals surface area contributed by atoms with Crippen LogP contribution in [0.15, 0.2) is 18.2 Å². The number of nitrogens with one attached hydrogen (secondary N) is 3. The van der Waals surface area contributed by atoms with Crippen LogP contribution in [-0.2, 0) is 9.59 Å². The molecule has 1 atom stereocenters. The van der Waals surface area contributed by atoms with E-state index in [9.17, 15) is 14.4 Å². The number of rotatable bonds is 3. The van der Waals surface area contributed by atoms with Crippen molar-refractivity contribution in [3.05, 3.63) is 18.2 Å². The number of carbonyl (C=O) groups is 3. The highest BCUT2D eigenvalue weighted by molar-refractivity contribution is 5.99. The summed E-state index contributed by atoms with van der Waals surface area (Å²) in [4.78, 5) is 34.7. The number of anilines is 2. The molecule has 3 amide bonds. The first-order chi connectivity index (χ1) is 11.9. The Kier molecular flexibility index (Phi) is 4.78. The minimum Gasteiger partial charge on any atom is -0.481 e. The van der Waals surface area contributed by atoms with Gasteiger partial charge in [-0.3, -0.25) is 9.59 Å². The second-order valence-electron chi connectivity index (χ2n) is 6.45. The first-order valence-electron chi connectivity index (χ1n) is 8.34. The number of aliphatic carboxylic acids is 1. The van der Waals surface area contributed by atoms with Gasteiger partial charge in [-0.2, -0.15) is 0 Å². The van der Waals surface area contributed by atoms with E-state index in [0.717, 1.165) is 0 Å². The standard InChI is InChI=1S/C17H21N3O5/c1-9-15(21)20-13-8-12(6-7-14(13)25-9)19-17(24)18-11-4-2-10(3-5-11)16(22)23/h6-11H,2-5H2,1H3,(H,20,21)(H,22,23)(H2,18,19,24). The number of ether oxygens (including phenoxy) is 1. The summed E-state index contributed by atoms with van der Waals surface area (Å²) in [7, 11) is 0. The average Bonchev–Trinajstić information content (AvgIpc) is 2.56. The Morgan fingerprint density at radius 1 is 1.24 bits per heavy atom. The Balaban J connectivity index is 1.54. The van der Waals surface area contributed by atoms with Crippen LogP contribution in [0.3, 0.4) is 0 Å². The summed E-state index contributed by atoms with van der Waals surface area (Å²) < 4.78 is 5.47. The van der Waals surface area contributed by atoms with E-state index in [1.165, 1.54) is 0 Å². The van der Waals surface area contributed by atoms with Gasteiger partial charge < -0.3 is 25.8 Å². The van der Waals surface area contributed by atoms with E-state index < -0.39 is 12.1 Å². The summed E-state index contributed by atoms with van der Waals surface area (Å²) in [6.07, 6.45) is 1.89. The molecule has 1 fully saturated rings. The van der Waals surface area contributed by atoms with Gasteiger partial charge in [0.2, 0.25) is 0 Å². The molecule has 1 aliphatic carbocycles. The molecule has 0 radical (unpaired) electrons. The number of carboxylic acid groups (broad SMARTS) is 1. The first kappa shape index (κ1) is 17.1. The van der Waals surface area contributed by atoms with Crippen molar-refractivity contribution in [2.45, 2.75) is 44.8 Å². The van der Waals surface area contributed by atoms with Gasteiger partial charge >= 0.3 is 12.0 Å². The van der Waals surface area contributed by atoms with Crippen molar-refractivity contribution in [1.82, 2.24) is 5.32 Å². The number of carboxylic acids is 1. The fourth-order valence-electron chi connectivity index (χ4n) is 3.12. The van der Waals surface area contributed by atoms with Gasteiger partial charge in [-0.05, 0) is 50.8 Å². The Morgan fingerprint density at radius 2 is 1.96 bits per heavy atom. The molecule has 0 saturated heterocycles. The maximum atomic E-state index is 12.1. The van der Waals surface area contributed by atoms with Crippen molar-refractivity contribution in [2.24, 2.45) is 5.92 Å². The molecule has 1 unspecified atom stereocenters. The lowest BCUT2D eigenvalue weighted by molar-refractivity contribution is -0.142. The number of benzene rings is 1. The number of hydrogen-bond donors (Lipinski definition) is 4. The molecule has 25 heavy (non-hydrogen) atoms. The highest BCUT2D eigenvalue weighted by Gasteiger charge is 2.27. The fourth-order valence-corrected chi connectivity index (χ4v) is 3.12. The van der Waals surface area contributed by atoms with Crippen LogP contribution in [0.4, 0.5) is 16.2 Å². The summed E-state index contributed by atoms with van der Waals surface area (Å²) >= 11 is 0. The van der Waals surface area contributed by atoms with Crippen LogP contribution < -0.4 is 20.7 Å². The third kappa shape index (κ3) is 4.01. The molecule has 8 nitrogen and oxygen atoms in total. The Labute approximate surface area is 144 Å². The molecule has 1 aromatic carbocycles. The molecular formula is C17H21N3O5. The largest absolute Gasteiger partial charge is 0.481 e. The third-order valence-corrected chi connectivity index (χ3v) is 4.58. The molecule has 3 rings (SSSR count). The lowest BCUT2D eigenvalue weighted by Gasteiger charge is -2.27. The van der Waals surface area contributed by atoms with Crippen LogP contribution in [0, 0.1) is 5.92 Å². The van der Waals surface area contributed by atoms with Crippen LogP contribution in [0.5, 0.6) is 5.75 Å². The van der Waals surface area contributed by atoms with Gasteiger partial charge in [0.15, 0.2) is 6.10 Å². The normalized spacial score (nSPS) is 25.2. The van der Waals surface area contributed by atoms with E-state index in [-0.39, 0.29) is 23.9 Å². The molecule has 1 aromatic rings. The predicted molar refractivity (Wildman–Crippen MR) is 90.7 cm³/mol. The summed E-state index contributed by atoms with van der Waals surface area (Å²) in [6, 6.07) is 4.65. The molecule has 2 aliphatic rings. The zero-order chi connectivity index (χ0) is 18.0. The second-order valence-corrected chi connectivity index (χ2v) is 6.45. The quantitative estimate of drug-likeness (QED) is 0.668. The van der Waals surface area contributed by atoms with Crippen molar-refractivity contribution >= 4 is 29.3 Å². The molecule has 1 aliphatic heterocycles. The van der Waals surface area contributed by atoms with E-state index in [2.05, 4.69) is 16.0 Å². The van der Waals surface area contributed by atoms with Crippen LogP contribution in [0.25, 0.3) is 0 Å². The lowest BCUT2D eigenvalue weighted by Crippen LogP contribution is -2.41. The monoisotopic (exact) mass is 347 g/mol. The zero-order valence-electron chi connectivity index (χ0n) is 13.9. The van der Waals surface area contributed by atoms with Crippen molar-refractivity contribution in [2.75, 3.05) is 10.6 Å². The highest BCUT2D eigenvalue weighted by atomic mass is 16.5. The van der Waals surface area contributed by atoms with Gasteiger partial charge in [-0.15, -0.1) is 0 Å². The Bertz CT molecular complexity index is 698. The minimum absolute atomic E-state index is 0.0305. The summed E-state index contributed by atoms with van der Waals surface area (Å²) in [5.74, 6) is -0.752. The molecule has 0 aromatic heterocycles. The molecule has 134 valence electrons. The van der Waals surface area contributed by atoms with Crippen LogP contribution >= 0.6 is 0 Å². The SMILES string of the molecule is CC1Oc2ccc(NC(=O)NC3CCC(C(=O)O)CC3)cc2NC1=O. The predicted octanol–water partition coefficient (Wildman–Crippen LogP) is 2.17. The van der Waals surface area contributed by atoms with E-state index in [1.807, 2.05) is 0 Å². The topological polar surface area (TPSA) is 117 Å². The summed E-state index contributed by atoms with van der Waals surface area (Å²) in [5, 5.41) is 17.3. The van der Waals surface area contributed by atoms with Gasteiger partial charge in [0.05, 0.1) is 11.6 Å². The molecule has 0 spiro atoms.